The van der Waals surface area contributed by atoms with E-state index in [0.29, 0.717) is 6.61 Å². The number of rotatable bonds is 0. The van der Waals surface area contributed by atoms with Gasteiger partial charge in [-0.2, -0.15) is 0 Å². The molecule has 5 atom stereocenters. The number of fused-ring (bicyclic) bond motifs is 6. The molecule has 0 unspecified atom stereocenters. The normalized spacial score (nSPS) is 51.8. The van der Waals surface area contributed by atoms with E-state index in [1.807, 2.05) is 13.8 Å². The summed E-state index contributed by atoms with van der Waals surface area (Å²) < 4.78 is 23.4. The van der Waals surface area contributed by atoms with Crippen LogP contribution in [0.4, 0.5) is 0 Å². The molecule has 0 aromatic carbocycles. The largest absolute Gasteiger partial charge is 0.362 e. The molecule has 0 aromatic heterocycles. The zero-order valence-corrected chi connectivity index (χ0v) is 10.2. The van der Waals surface area contributed by atoms with Crippen molar-refractivity contribution in [3.8, 4) is 0 Å². The molecule has 4 aliphatic heterocycles. The van der Waals surface area contributed by atoms with E-state index in [2.05, 4.69) is 5.32 Å². The lowest BCUT2D eigenvalue weighted by Crippen LogP contribution is -2.60. The topological polar surface area (TPSA) is 66.0 Å². The van der Waals surface area contributed by atoms with Crippen molar-refractivity contribution in [1.29, 1.82) is 0 Å². The minimum Gasteiger partial charge on any atom is -0.362 e. The molecular weight excluding hydrogens is 238 g/mol. The molecule has 1 amide bonds. The van der Waals surface area contributed by atoms with Gasteiger partial charge in [0, 0.05) is 6.08 Å². The van der Waals surface area contributed by atoms with Crippen LogP contribution in [-0.4, -0.2) is 48.4 Å². The highest BCUT2D eigenvalue weighted by molar-refractivity contribution is 5.91. The van der Waals surface area contributed by atoms with Crippen LogP contribution < -0.4 is 5.32 Å². The van der Waals surface area contributed by atoms with Crippen molar-refractivity contribution in [3.63, 3.8) is 0 Å². The summed E-state index contributed by atoms with van der Waals surface area (Å²) in [4.78, 5) is 11.4. The van der Waals surface area contributed by atoms with Gasteiger partial charge in [-0.3, -0.25) is 4.79 Å². The zero-order valence-electron chi connectivity index (χ0n) is 10.2. The molecule has 2 bridgehead atoms. The molecular formula is C12H15NO5. The molecule has 0 saturated carbocycles. The molecule has 6 nitrogen and oxygen atoms in total. The first kappa shape index (κ1) is 10.9. The van der Waals surface area contributed by atoms with E-state index < -0.39 is 11.5 Å². The molecule has 1 N–H and O–H groups in total. The van der Waals surface area contributed by atoms with Gasteiger partial charge in [-0.1, -0.05) is 0 Å². The van der Waals surface area contributed by atoms with Crippen LogP contribution in [0.2, 0.25) is 0 Å². The summed E-state index contributed by atoms with van der Waals surface area (Å²) in [7, 11) is 0. The summed E-state index contributed by atoms with van der Waals surface area (Å²) in [5, 5.41) is 2.80. The predicted octanol–water partition coefficient (Wildman–Crippen LogP) is -0.314. The Morgan fingerprint density at radius 3 is 2.83 bits per heavy atom. The number of carbonyl (C=O) groups is 1. The van der Waals surface area contributed by atoms with E-state index in [-0.39, 0.29) is 30.3 Å². The minimum absolute atomic E-state index is 0.127. The van der Waals surface area contributed by atoms with Crippen molar-refractivity contribution in [3.05, 3.63) is 12.2 Å². The highest BCUT2D eigenvalue weighted by Gasteiger charge is 2.65. The molecule has 0 aliphatic carbocycles. The van der Waals surface area contributed by atoms with Crippen molar-refractivity contribution < 1.29 is 23.7 Å². The van der Waals surface area contributed by atoms with E-state index in [0.717, 1.165) is 0 Å². The minimum atomic E-state index is -0.892. The number of hydrogen-bond donors (Lipinski definition) is 1. The van der Waals surface area contributed by atoms with Gasteiger partial charge in [0.2, 0.25) is 5.91 Å². The van der Waals surface area contributed by atoms with E-state index >= 15 is 0 Å². The maximum atomic E-state index is 11.4. The lowest BCUT2D eigenvalue weighted by molar-refractivity contribution is -0.254. The molecule has 1 spiro atoms. The summed E-state index contributed by atoms with van der Waals surface area (Å²) in [5.74, 6) is -0.779. The average Bonchev–Trinajstić information content (AvgIpc) is 2.88. The second kappa shape index (κ2) is 3.14. The average molecular weight is 253 g/mol. The predicted molar refractivity (Wildman–Crippen MR) is 58.5 cm³/mol. The molecule has 3 fully saturated rings. The number of hydrogen-bond acceptors (Lipinski definition) is 5. The Morgan fingerprint density at radius 1 is 1.33 bits per heavy atom. The quantitative estimate of drug-likeness (QED) is 0.641. The van der Waals surface area contributed by atoms with Crippen molar-refractivity contribution in [2.24, 2.45) is 0 Å². The van der Waals surface area contributed by atoms with Gasteiger partial charge in [0.05, 0.1) is 6.61 Å². The smallest absolute Gasteiger partial charge is 0.246 e. The monoisotopic (exact) mass is 253 g/mol. The van der Waals surface area contributed by atoms with Crippen LogP contribution in [0.25, 0.3) is 0 Å². The van der Waals surface area contributed by atoms with E-state index in [4.69, 9.17) is 18.9 Å². The van der Waals surface area contributed by atoms with Gasteiger partial charge < -0.3 is 24.3 Å². The van der Waals surface area contributed by atoms with Gasteiger partial charge in [0.15, 0.2) is 11.5 Å². The maximum Gasteiger partial charge on any atom is 0.246 e. The van der Waals surface area contributed by atoms with Crippen LogP contribution in [0.3, 0.4) is 0 Å². The second-order valence-corrected chi connectivity index (χ2v) is 5.59. The molecule has 3 saturated heterocycles. The van der Waals surface area contributed by atoms with Crippen LogP contribution in [-0.2, 0) is 23.7 Å². The fraction of sp³-hybridized carbons (Fsp3) is 0.750. The van der Waals surface area contributed by atoms with E-state index in [1.165, 1.54) is 6.08 Å². The SMILES string of the molecule is CC1(C)O[C@@H]2[C@H](O1)[C@H]1CO[C@]3(C=CC(=O)N3)[C@@H]2O1. The summed E-state index contributed by atoms with van der Waals surface area (Å²) in [6.45, 7) is 4.16. The number of carbonyl (C=O) groups excluding carboxylic acids is 1. The van der Waals surface area contributed by atoms with E-state index in [9.17, 15) is 4.79 Å². The Labute approximate surface area is 104 Å². The highest BCUT2D eigenvalue weighted by atomic mass is 16.8. The van der Waals surface area contributed by atoms with Gasteiger partial charge in [-0.15, -0.1) is 0 Å². The Balaban J connectivity index is 1.69. The van der Waals surface area contributed by atoms with Gasteiger partial charge >= 0.3 is 0 Å². The van der Waals surface area contributed by atoms with Crippen LogP contribution in [0, 0.1) is 0 Å². The van der Waals surface area contributed by atoms with Gasteiger partial charge in [-0.25, -0.2) is 0 Å². The summed E-state index contributed by atoms with van der Waals surface area (Å²) in [6, 6.07) is 0. The lowest BCUT2D eigenvalue weighted by atomic mass is 10.0. The van der Waals surface area contributed by atoms with Crippen molar-refractivity contribution >= 4 is 5.91 Å². The summed E-state index contributed by atoms with van der Waals surface area (Å²) in [6.07, 6.45) is 2.36. The third-order valence-corrected chi connectivity index (χ3v) is 3.86. The Hall–Kier alpha value is -0.950. The van der Waals surface area contributed by atoms with Crippen LogP contribution in [0.5, 0.6) is 0 Å². The molecule has 98 valence electrons. The molecule has 0 aromatic rings. The van der Waals surface area contributed by atoms with Crippen LogP contribution >= 0.6 is 0 Å². The fourth-order valence-electron chi connectivity index (χ4n) is 3.19. The number of ether oxygens (including phenoxy) is 4. The second-order valence-electron chi connectivity index (χ2n) is 5.59. The Bertz CT molecular complexity index is 448. The molecule has 4 heterocycles. The molecule has 6 heteroatoms. The third-order valence-electron chi connectivity index (χ3n) is 3.86. The molecule has 4 aliphatic rings. The first-order valence-electron chi connectivity index (χ1n) is 6.16. The maximum absolute atomic E-state index is 11.4. The first-order valence-corrected chi connectivity index (χ1v) is 6.16. The van der Waals surface area contributed by atoms with Crippen molar-refractivity contribution in [2.75, 3.05) is 6.61 Å². The van der Waals surface area contributed by atoms with Gasteiger partial charge in [-0.05, 0) is 19.9 Å². The fourth-order valence-corrected chi connectivity index (χ4v) is 3.19. The summed E-state index contributed by atoms with van der Waals surface area (Å²) in [5.41, 5.74) is -0.892. The van der Waals surface area contributed by atoms with Crippen LogP contribution in [0.15, 0.2) is 12.2 Å². The zero-order chi connectivity index (χ0) is 12.5. The molecule has 18 heavy (non-hydrogen) atoms. The molecule has 4 rings (SSSR count). The number of nitrogens with one attached hydrogen (secondary N) is 1. The van der Waals surface area contributed by atoms with Gasteiger partial charge in [0.25, 0.3) is 0 Å². The van der Waals surface area contributed by atoms with E-state index in [1.54, 1.807) is 6.08 Å². The van der Waals surface area contributed by atoms with Gasteiger partial charge in [0.1, 0.15) is 24.4 Å². The standard InChI is InChI=1S/C12H15NO5/c1-11(2)17-8-6-5-15-12(4-3-7(14)13-12)10(16-6)9(8)18-11/h3-4,6,8-10H,5H2,1-2H3,(H,13,14)/t6-,8-,9-,10-,12-/m1/s1. The third kappa shape index (κ3) is 1.29. The summed E-state index contributed by atoms with van der Waals surface area (Å²) >= 11 is 0. The van der Waals surface area contributed by atoms with Crippen LogP contribution in [0.1, 0.15) is 13.8 Å². The first-order chi connectivity index (χ1) is 8.49. The molecule has 0 radical (unpaired) electrons. The Kier molecular flexibility index (Phi) is 1.90. The van der Waals surface area contributed by atoms with Crippen molar-refractivity contribution in [1.82, 2.24) is 5.32 Å². The Morgan fingerprint density at radius 2 is 2.11 bits per heavy atom. The number of amides is 1. The lowest BCUT2D eigenvalue weighted by Gasteiger charge is -2.39. The van der Waals surface area contributed by atoms with Crippen molar-refractivity contribution in [2.45, 2.75) is 49.8 Å². The highest BCUT2D eigenvalue weighted by Crippen LogP contribution is 2.46.